The minimum atomic E-state index is -1.09. The van der Waals surface area contributed by atoms with Crippen LogP contribution in [0.3, 0.4) is 0 Å². The third kappa shape index (κ3) is 5.83. The van der Waals surface area contributed by atoms with Crippen molar-refractivity contribution in [3.63, 3.8) is 0 Å². The van der Waals surface area contributed by atoms with Crippen molar-refractivity contribution in [2.45, 2.75) is 50.3 Å². The minimum Gasteiger partial charge on any atom is -0.142 e. The van der Waals surface area contributed by atoms with Crippen LogP contribution in [0.4, 0.5) is 0 Å². The van der Waals surface area contributed by atoms with Gasteiger partial charge in [0.1, 0.15) is 0 Å². The van der Waals surface area contributed by atoms with Crippen molar-refractivity contribution in [1.29, 1.82) is 0 Å². The smallest absolute Gasteiger partial charge is 0.00275 e. The zero-order chi connectivity index (χ0) is 12.7. The predicted molar refractivity (Wildman–Crippen MR) is 82.5 cm³/mol. The van der Waals surface area contributed by atoms with Gasteiger partial charge >= 0.3 is 0 Å². The topological polar surface area (TPSA) is 0 Å². The van der Waals surface area contributed by atoms with Crippen molar-refractivity contribution in [2.24, 2.45) is 0 Å². The summed E-state index contributed by atoms with van der Waals surface area (Å²) in [4.78, 5) is 1.31. The molecule has 0 spiro atoms. The second-order valence-electron chi connectivity index (χ2n) is 5.01. The van der Waals surface area contributed by atoms with E-state index in [-0.39, 0.29) is 0 Å². The lowest BCUT2D eigenvalue weighted by molar-refractivity contribution is 0.632. The Bertz CT molecular complexity index is 328. The third-order valence-corrected chi connectivity index (χ3v) is 4.94. The number of benzene rings is 1. The highest BCUT2D eigenvalue weighted by atomic mass is 35.7. The van der Waals surface area contributed by atoms with Gasteiger partial charge < -0.3 is 0 Å². The Morgan fingerprint density at radius 1 is 1.06 bits per heavy atom. The predicted octanol–water partition coefficient (Wildman–Crippen LogP) is 5.78. The van der Waals surface area contributed by atoms with Gasteiger partial charge in [0.25, 0.3) is 0 Å². The Morgan fingerprint density at radius 3 is 2.41 bits per heavy atom. The van der Waals surface area contributed by atoms with Crippen LogP contribution in [0.15, 0.2) is 29.2 Å². The number of unbranched alkanes of at least 4 members (excludes halogenated alkanes) is 4. The number of halogens is 1. The Kier molecular flexibility index (Phi) is 6.43. The van der Waals surface area contributed by atoms with Gasteiger partial charge in [0.05, 0.1) is 0 Å². The molecule has 0 fully saturated rings. The Balaban J connectivity index is 2.44. The van der Waals surface area contributed by atoms with Crippen molar-refractivity contribution in [3.8, 4) is 0 Å². The van der Waals surface area contributed by atoms with Gasteiger partial charge in [-0.1, -0.05) is 55.4 Å². The largest absolute Gasteiger partial charge is 0.142 e. The molecule has 98 valence electrons. The van der Waals surface area contributed by atoms with Gasteiger partial charge in [-0.25, -0.2) is 0 Å². The maximum Gasteiger partial charge on any atom is 0.00275 e. The molecule has 0 saturated carbocycles. The fourth-order valence-corrected chi connectivity index (χ4v) is 3.06. The molecule has 0 atom stereocenters. The first-order valence-corrected chi connectivity index (χ1v) is 9.83. The second-order valence-corrected chi connectivity index (χ2v) is 10.2. The molecule has 2 heteroatoms. The molecular formula is C15H25ClS. The highest BCUT2D eigenvalue weighted by molar-refractivity contribution is 8.50. The fraction of sp³-hybridized carbons (Fsp3) is 0.600. The molecule has 0 heterocycles. The van der Waals surface area contributed by atoms with E-state index in [1.54, 1.807) is 0 Å². The van der Waals surface area contributed by atoms with Gasteiger partial charge in [0.15, 0.2) is 0 Å². The first-order chi connectivity index (χ1) is 8.04. The van der Waals surface area contributed by atoms with Crippen molar-refractivity contribution >= 4 is 19.9 Å². The lowest BCUT2D eigenvalue weighted by Gasteiger charge is -2.22. The van der Waals surface area contributed by atoms with E-state index in [1.807, 2.05) is 0 Å². The number of hydrogen-bond donors (Lipinski definition) is 0. The van der Waals surface area contributed by atoms with E-state index in [0.29, 0.717) is 0 Å². The molecule has 0 bridgehead atoms. The average Bonchev–Trinajstić information content (AvgIpc) is 2.28. The molecule has 0 unspecified atom stereocenters. The van der Waals surface area contributed by atoms with Crippen LogP contribution in [0, 0.1) is 0 Å². The molecule has 1 aromatic rings. The first-order valence-electron chi connectivity index (χ1n) is 6.56. The molecule has 0 amide bonds. The van der Waals surface area contributed by atoms with Gasteiger partial charge in [-0.05, 0) is 43.0 Å². The number of aryl methyl sites for hydroxylation is 1. The summed E-state index contributed by atoms with van der Waals surface area (Å²) < 4.78 is 0. The van der Waals surface area contributed by atoms with Crippen molar-refractivity contribution in [1.82, 2.24) is 0 Å². The summed E-state index contributed by atoms with van der Waals surface area (Å²) in [6.45, 7) is 2.26. The van der Waals surface area contributed by atoms with Gasteiger partial charge in [0, 0.05) is 4.90 Å². The Labute approximate surface area is 113 Å². The fourth-order valence-electron chi connectivity index (χ4n) is 1.94. The van der Waals surface area contributed by atoms with E-state index in [9.17, 15) is 0 Å². The Morgan fingerprint density at radius 2 is 1.76 bits per heavy atom. The van der Waals surface area contributed by atoms with E-state index >= 15 is 0 Å². The Hall–Kier alpha value is -0.140. The maximum absolute atomic E-state index is 6.42. The van der Waals surface area contributed by atoms with E-state index in [0.717, 1.165) is 0 Å². The monoisotopic (exact) mass is 272 g/mol. The van der Waals surface area contributed by atoms with Crippen LogP contribution in [0.1, 0.15) is 44.6 Å². The molecule has 0 saturated heterocycles. The van der Waals surface area contributed by atoms with Gasteiger partial charge in [-0.2, -0.15) is 0 Å². The van der Waals surface area contributed by atoms with Crippen molar-refractivity contribution in [2.75, 3.05) is 12.5 Å². The summed E-state index contributed by atoms with van der Waals surface area (Å²) in [5, 5.41) is 0. The standard InChI is InChI=1S/C15H25ClS/c1-4-5-6-7-8-10-14-11-9-12-15(13-14)17(2,3)16/h9,11-13H,4-8,10H2,1-3H3. The van der Waals surface area contributed by atoms with E-state index in [2.05, 4.69) is 43.7 Å². The van der Waals surface area contributed by atoms with Crippen LogP contribution < -0.4 is 0 Å². The summed E-state index contributed by atoms with van der Waals surface area (Å²) >= 11 is 0. The van der Waals surface area contributed by atoms with Crippen LogP contribution in [-0.2, 0) is 6.42 Å². The highest BCUT2D eigenvalue weighted by Gasteiger charge is 2.10. The van der Waals surface area contributed by atoms with Gasteiger partial charge in [0.2, 0.25) is 0 Å². The molecule has 0 nitrogen and oxygen atoms in total. The molecule has 1 aromatic carbocycles. The molecule has 17 heavy (non-hydrogen) atoms. The molecule has 0 aliphatic heterocycles. The lowest BCUT2D eigenvalue weighted by atomic mass is 10.1. The zero-order valence-electron chi connectivity index (χ0n) is 11.3. The van der Waals surface area contributed by atoms with Crippen LogP contribution >= 0.6 is 19.9 Å². The molecule has 0 aliphatic carbocycles. The molecule has 1 rings (SSSR count). The highest BCUT2D eigenvalue weighted by Crippen LogP contribution is 2.53. The van der Waals surface area contributed by atoms with E-state index < -0.39 is 9.24 Å². The molecule has 0 aliphatic rings. The number of rotatable bonds is 7. The average molecular weight is 273 g/mol. The van der Waals surface area contributed by atoms with Crippen LogP contribution in [0.5, 0.6) is 0 Å². The summed E-state index contributed by atoms with van der Waals surface area (Å²) in [5.74, 6) is 0. The van der Waals surface area contributed by atoms with Crippen LogP contribution in [0.2, 0.25) is 0 Å². The summed E-state index contributed by atoms with van der Waals surface area (Å²) in [6, 6.07) is 8.82. The van der Waals surface area contributed by atoms with Crippen LogP contribution in [0.25, 0.3) is 0 Å². The van der Waals surface area contributed by atoms with Gasteiger partial charge in [-0.3, -0.25) is 0 Å². The quantitative estimate of drug-likeness (QED) is 0.552. The van der Waals surface area contributed by atoms with E-state index in [1.165, 1.54) is 49.0 Å². The molecule has 0 aromatic heterocycles. The third-order valence-electron chi connectivity index (χ3n) is 3.03. The zero-order valence-corrected chi connectivity index (χ0v) is 12.9. The number of hydrogen-bond acceptors (Lipinski definition) is 0. The van der Waals surface area contributed by atoms with Crippen molar-refractivity contribution < 1.29 is 0 Å². The molecule has 0 radical (unpaired) electrons. The van der Waals surface area contributed by atoms with Gasteiger partial charge in [-0.15, -0.1) is 9.24 Å². The second kappa shape index (κ2) is 7.33. The van der Waals surface area contributed by atoms with E-state index in [4.69, 9.17) is 10.7 Å². The lowest BCUT2D eigenvalue weighted by Crippen LogP contribution is -1.91. The minimum absolute atomic E-state index is 1.09. The first kappa shape index (κ1) is 14.9. The summed E-state index contributed by atoms with van der Waals surface area (Å²) in [7, 11) is 5.32. The maximum atomic E-state index is 6.42. The SMILES string of the molecule is CCCCCCCc1cccc(S(C)(C)Cl)c1. The van der Waals surface area contributed by atoms with Crippen LogP contribution in [-0.4, -0.2) is 12.5 Å². The summed E-state index contributed by atoms with van der Waals surface area (Å²) in [5.41, 5.74) is 1.44. The molecular weight excluding hydrogens is 248 g/mol. The summed E-state index contributed by atoms with van der Waals surface area (Å²) in [6.07, 6.45) is 12.2. The molecule has 0 N–H and O–H groups in total. The van der Waals surface area contributed by atoms with Crippen molar-refractivity contribution in [3.05, 3.63) is 29.8 Å². The normalized spacial score (nSPS) is 12.7.